The molecule has 112 valence electrons. The third-order valence-corrected chi connectivity index (χ3v) is 3.08. The fraction of sp³-hybridized carbons (Fsp3) is 0.357. The van der Waals surface area contributed by atoms with Gasteiger partial charge in [-0.25, -0.2) is 4.68 Å². The molecule has 0 spiro atoms. The highest BCUT2D eigenvalue weighted by atomic mass is 16.6. The van der Waals surface area contributed by atoms with Gasteiger partial charge < -0.3 is 10.1 Å². The Labute approximate surface area is 122 Å². The lowest BCUT2D eigenvalue weighted by Crippen LogP contribution is -2.18. The zero-order valence-electron chi connectivity index (χ0n) is 12.1. The molecule has 1 aromatic carbocycles. The number of non-ortho nitro benzene ring substituents is 1. The largest absolute Gasteiger partial charge is 0.383 e. The molecule has 2 rings (SSSR count). The molecular weight excluding hydrogens is 272 g/mol. The van der Waals surface area contributed by atoms with Crippen LogP contribution in [-0.4, -0.2) is 35.0 Å². The van der Waals surface area contributed by atoms with Crippen LogP contribution >= 0.6 is 0 Å². The Morgan fingerprint density at radius 2 is 2.24 bits per heavy atom. The fourth-order valence-electron chi connectivity index (χ4n) is 1.94. The highest BCUT2D eigenvalue weighted by Gasteiger charge is 2.11. The standard InChI is InChI=1S/C14H18N4O3/c1-11-3-4-13(18(19)20)9-14(11)17-7-5-12(16-17)10-15-6-8-21-2/h3-5,7,9,15H,6,8,10H2,1-2H3. The van der Waals surface area contributed by atoms with Crippen molar-refractivity contribution < 1.29 is 9.66 Å². The number of hydrogen-bond acceptors (Lipinski definition) is 5. The zero-order chi connectivity index (χ0) is 15.2. The molecule has 0 aliphatic heterocycles. The lowest BCUT2D eigenvalue weighted by Gasteiger charge is -2.06. The highest BCUT2D eigenvalue weighted by Crippen LogP contribution is 2.20. The quantitative estimate of drug-likeness (QED) is 0.478. The van der Waals surface area contributed by atoms with Gasteiger partial charge in [0, 0.05) is 38.5 Å². The van der Waals surface area contributed by atoms with Crippen molar-refractivity contribution in [2.24, 2.45) is 0 Å². The third kappa shape index (κ3) is 3.87. The fourth-order valence-corrected chi connectivity index (χ4v) is 1.94. The summed E-state index contributed by atoms with van der Waals surface area (Å²) in [7, 11) is 1.65. The first-order valence-electron chi connectivity index (χ1n) is 6.61. The maximum Gasteiger partial charge on any atom is 0.271 e. The lowest BCUT2D eigenvalue weighted by molar-refractivity contribution is -0.384. The third-order valence-electron chi connectivity index (χ3n) is 3.08. The van der Waals surface area contributed by atoms with E-state index in [0.717, 1.165) is 17.8 Å². The summed E-state index contributed by atoms with van der Waals surface area (Å²) in [5, 5.41) is 18.5. The first-order chi connectivity index (χ1) is 10.1. The average molecular weight is 290 g/mol. The van der Waals surface area contributed by atoms with Gasteiger partial charge in [-0.05, 0) is 18.6 Å². The summed E-state index contributed by atoms with van der Waals surface area (Å²) in [6, 6.07) is 6.64. The van der Waals surface area contributed by atoms with Crippen molar-refractivity contribution in [3.05, 3.63) is 51.8 Å². The van der Waals surface area contributed by atoms with E-state index >= 15 is 0 Å². The van der Waals surface area contributed by atoms with Crippen molar-refractivity contribution in [1.29, 1.82) is 0 Å². The molecule has 1 aromatic heterocycles. The predicted octanol–water partition coefficient (Wildman–Crippen LogP) is 1.82. The van der Waals surface area contributed by atoms with Crippen LogP contribution in [0.25, 0.3) is 5.69 Å². The maximum absolute atomic E-state index is 10.9. The minimum Gasteiger partial charge on any atom is -0.383 e. The van der Waals surface area contributed by atoms with E-state index in [1.54, 1.807) is 24.1 Å². The SMILES string of the molecule is COCCNCc1ccn(-c2cc([N+](=O)[O-])ccc2C)n1. The lowest BCUT2D eigenvalue weighted by atomic mass is 10.2. The first kappa shape index (κ1) is 15.1. The van der Waals surface area contributed by atoms with E-state index in [4.69, 9.17) is 4.74 Å². The Morgan fingerprint density at radius 3 is 2.95 bits per heavy atom. The van der Waals surface area contributed by atoms with E-state index in [9.17, 15) is 10.1 Å². The molecule has 21 heavy (non-hydrogen) atoms. The van der Waals surface area contributed by atoms with Crippen molar-refractivity contribution in [2.75, 3.05) is 20.3 Å². The smallest absolute Gasteiger partial charge is 0.271 e. The number of methoxy groups -OCH3 is 1. The van der Waals surface area contributed by atoms with E-state index in [1.807, 2.05) is 13.0 Å². The molecule has 0 unspecified atom stereocenters. The second-order valence-corrected chi connectivity index (χ2v) is 4.65. The van der Waals surface area contributed by atoms with E-state index in [0.29, 0.717) is 18.8 Å². The monoisotopic (exact) mass is 290 g/mol. The molecule has 0 radical (unpaired) electrons. The molecule has 0 atom stereocenters. The van der Waals surface area contributed by atoms with Crippen molar-refractivity contribution in [2.45, 2.75) is 13.5 Å². The van der Waals surface area contributed by atoms with Crippen LogP contribution in [0, 0.1) is 17.0 Å². The van der Waals surface area contributed by atoms with Crippen LogP contribution in [0.4, 0.5) is 5.69 Å². The number of nitro groups is 1. The minimum absolute atomic E-state index is 0.0610. The summed E-state index contributed by atoms with van der Waals surface area (Å²) in [5.41, 5.74) is 2.58. The van der Waals surface area contributed by atoms with Gasteiger partial charge >= 0.3 is 0 Å². The van der Waals surface area contributed by atoms with E-state index in [1.165, 1.54) is 12.1 Å². The van der Waals surface area contributed by atoms with Gasteiger partial charge in [0.1, 0.15) is 0 Å². The highest BCUT2D eigenvalue weighted by molar-refractivity contribution is 5.48. The molecule has 0 saturated carbocycles. The number of rotatable bonds is 7. The van der Waals surface area contributed by atoms with Crippen molar-refractivity contribution in [3.8, 4) is 5.69 Å². The first-order valence-corrected chi connectivity index (χ1v) is 6.61. The second kappa shape index (κ2) is 6.96. The van der Waals surface area contributed by atoms with E-state index in [-0.39, 0.29) is 5.69 Å². The number of benzene rings is 1. The summed E-state index contributed by atoms with van der Waals surface area (Å²) in [4.78, 5) is 10.5. The van der Waals surface area contributed by atoms with Gasteiger partial charge in [-0.15, -0.1) is 0 Å². The molecule has 7 nitrogen and oxygen atoms in total. The molecule has 0 saturated heterocycles. The van der Waals surface area contributed by atoms with Gasteiger partial charge in [0.15, 0.2) is 0 Å². The number of hydrogen-bond donors (Lipinski definition) is 1. The Hall–Kier alpha value is -2.25. The minimum atomic E-state index is -0.403. The molecule has 2 aromatic rings. The van der Waals surface area contributed by atoms with Crippen LogP contribution in [0.2, 0.25) is 0 Å². The van der Waals surface area contributed by atoms with Gasteiger partial charge in [0.25, 0.3) is 5.69 Å². The van der Waals surface area contributed by atoms with Crippen molar-refractivity contribution in [3.63, 3.8) is 0 Å². The van der Waals surface area contributed by atoms with Gasteiger partial charge in [-0.3, -0.25) is 10.1 Å². The predicted molar refractivity (Wildman–Crippen MR) is 78.5 cm³/mol. The van der Waals surface area contributed by atoms with Crippen LogP contribution in [-0.2, 0) is 11.3 Å². The van der Waals surface area contributed by atoms with Crippen LogP contribution in [0.15, 0.2) is 30.5 Å². The van der Waals surface area contributed by atoms with Gasteiger partial charge in [0.05, 0.1) is 22.9 Å². The molecule has 0 aliphatic carbocycles. The Balaban J connectivity index is 2.13. The number of aromatic nitrogens is 2. The molecular formula is C14H18N4O3. The van der Waals surface area contributed by atoms with Crippen molar-refractivity contribution in [1.82, 2.24) is 15.1 Å². The normalized spacial score (nSPS) is 10.8. The van der Waals surface area contributed by atoms with Crippen LogP contribution in [0.5, 0.6) is 0 Å². The number of nitrogens with zero attached hydrogens (tertiary/aromatic N) is 3. The van der Waals surface area contributed by atoms with Gasteiger partial charge in [0.2, 0.25) is 0 Å². The molecule has 0 aliphatic rings. The molecule has 0 fully saturated rings. The average Bonchev–Trinajstić information content (AvgIpc) is 2.92. The second-order valence-electron chi connectivity index (χ2n) is 4.65. The zero-order valence-corrected chi connectivity index (χ0v) is 12.1. The van der Waals surface area contributed by atoms with Crippen LogP contribution in [0.1, 0.15) is 11.3 Å². The summed E-state index contributed by atoms with van der Waals surface area (Å²) >= 11 is 0. The van der Waals surface area contributed by atoms with Gasteiger partial charge in [-0.2, -0.15) is 5.10 Å². The Kier molecular flexibility index (Phi) is 5.02. The van der Waals surface area contributed by atoms with Crippen molar-refractivity contribution >= 4 is 5.69 Å². The van der Waals surface area contributed by atoms with Crippen LogP contribution in [0.3, 0.4) is 0 Å². The number of aryl methyl sites for hydroxylation is 1. The summed E-state index contributed by atoms with van der Waals surface area (Å²) < 4.78 is 6.62. The summed E-state index contributed by atoms with van der Waals surface area (Å²) in [5.74, 6) is 0. The molecule has 1 heterocycles. The van der Waals surface area contributed by atoms with E-state index < -0.39 is 4.92 Å². The molecule has 7 heteroatoms. The molecule has 0 amide bonds. The number of nitrogens with one attached hydrogen (secondary N) is 1. The van der Waals surface area contributed by atoms with Gasteiger partial charge in [-0.1, -0.05) is 6.07 Å². The Morgan fingerprint density at radius 1 is 1.43 bits per heavy atom. The molecule has 1 N–H and O–H groups in total. The van der Waals surface area contributed by atoms with Crippen LogP contribution < -0.4 is 5.32 Å². The number of ether oxygens (including phenoxy) is 1. The summed E-state index contributed by atoms with van der Waals surface area (Å²) in [6.07, 6.45) is 1.80. The topological polar surface area (TPSA) is 82.2 Å². The Bertz CT molecular complexity index is 624. The maximum atomic E-state index is 10.9. The molecule has 0 bridgehead atoms. The van der Waals surface area contributed by atoms with E-state index in [2.05, 4.69) is 10.4 Å². The summed E-state index contributed by atoms with van der Waals surface area (Å²) in [6.45, 7) is 3.92. The number of nitro benzene ring substituents is 1.